The smallest absolute Gasteiger partial charge is 0.230 e. The highest BCUT2D eigenvalue weighted by atomic mass is 32.1. The highest BCUT2D eigenvalue weighted by molar-refractivity contribution is 7.06. The summed E-state index contributed by atoms with van der Waals surface area (Å²) >= 11 is 1.55. The number of nitrogens with zero attached hydrogens (tertiary/aromatic N) is 2. The van der Waals surface area contributed by atoms with Gasteiger partial charge in [-0.25, -0.2) is 0 Å². The van der Waals surface area contributed by atoms with E-state index in [-0.39, 0.29) is 17.9 Å². The molecule has 6 heteroatoms. The Bertz CT molecular complexity index is 1210. The number of carbonyl (C=O) groups is 1. The Morgan fingerprint density at radius 1 is 1.07 bits per heavy atom. The Morgan fingerprint density at radius 3 is 2.40 bits per heavy atom. The first-order valence-corrected chi connectivity index (χ1v) is 15.7. The molecular formula is C34H46N2O3S. The molecule has 0 spiro atoms. The minimum absolute atomic E-state index is 0.0238. The molecule has 2 aromatic rings. The number of amides is 1. The van der Waals surface area contributed by atoms with Gasteiger partial charge < -0.3 is 14.7 Å². The van der Waals surface area contributed by atoms with Gasteiger partial charge >= 0.3 is 0 Å². The molecule has 1 aromatic carbocycles. The Kier molecular flexibility index (Phi) is 10.8. The number of aryl methyl sites for hydroxylation is 1. The molecule has 0 unspecified atom stereocenters. The molecule has 0 saturated heterocycles. The van der Waals surface area contributed by atoms with Crippen molar-refractivity contribution in [2.45, 2.75) is 84.7 Å². The van der Waals surface area contributed by atoms with Crippen molar-refractivity contribution in [2.75, 3.05) is 18.6 Å². The van der Waals surface area contributed by atoms with E-state index in [4.69, 9.17) is 4.74 Å². The number of ether oxygens (including phenoxy) is 1. The van der Waals surface area contributed by atoms with E-state index in [1.807, 2.05) is 6.08 Å². The molecular weight excluding hydrogens is 516 g/mol. The highest BCUT2D eigenvalue weighted by Gasteiger charge is 2.32. The summed E-state index contributed by atoms with van der Waals surface area (Å²) in [6, 6.07) is 10.5. The van der Waals surface area contributed by atoms with Gasteiger partial charge in [0.05, 0.1) is 18.9 Å². The largest absolute Gasteiger partial charge is 0.497 e. The third-order valence-electron chi connectivity index (χ3n) is 8.65. The average Bonchev–Trinajstić information content (AvgIpc) is 3.46. The fourth-order valence-electron chi connectivity index (χ4n) is 6.05. The number of anilines is 1. The second kappa shape index (κ2) is 14.3. The van der Waals surface area contributed by atoms with E-state index in [9.17, 15) is 9.90 Å². The van der Waals surface area contributed by atoms with Crippen molar-refractivity contribution in [3.63, 3.8) is 0 Å². The number of rotatable bonds is 10. The van der Waals surface area contributed by atoms with E-state index in [1.165, 1.54) is 4.88 Å². The first-order chi connectivity index (χ1) is 19.3. The van der Waals surface area contributed by atoms with Crippen LogP contribution in [0.2, 0.25) is 0 Å². The maximum absolute atomic E-state index is 14.0. The number of aliphatic hydroxyl groups is 1. The molecule has 1 N–H and O–H groups in total. The van der Waals surface area contributed by atoms with Gasteiger partial charge in [0, 0.05) is 28.6 Å². The molecule has 40 heavy (non-hydrogen) atoms. The summed E-state index contributed by atoms with van der Waals surface area (Å²) in [5.41, 5.74) is 5.31. The Balaban J connectivity index is 1.48. The molecule has 1 amide bonds. The van der Waals surface area contributed by atoms with Gasteiger partial charge in [0.2, 0.25) is 5.91 Å². The summed E-state index contributed by atoms with van der Waals surface area (Å²) in [6.07, 6.45) is 12.1. The molecule has 2 fully saturated rings. The van der Waals surface area contributed by atoms with Crippen molar-refractivity contribution < 1.29 is 14.6 Å². The van der Waals surface area contributed by atoms with Gasteiger partial charge in [-0.15, -0.1) is 0 Å². The zero-order chi connectivity index (χ0) is 28.6. The van der Waals surface area contributed by atoms with Crippen molar-refractivity contribution >= 4 is 23.1 Å². The maximum atomic E-state index is 14.0. The monoisotopic (exact) mass is 562 g/mol. The third kappa shape index (κ3) is 7.73. The molecule has 0 bridgehead atoms. The van der Waals surface area contributed by atoms with Crippen molar-refractivity contribution in [3.05, 3.63) is 70.8 Å². The lowest BCUT2D eigenvalue weighted by atomic mass is 9.78. The predicted molar refractivity (Wildman–Crippen MR) is 166 cm³/mol. The zero-order valence-electron chi connectivity index (χ0n) is 24.7. The molecule has 0 aliphatic heterocycles. The Hall–Kier alpha value is -2.70. The SMILES string of the molecule is C=C(/C=C\C(OC)=C(C)C)[C@H]1CC[C@H](CN(c2cccc(-c3cc(CC)sn3)c2)C(=O)[C@H]2CC[C@H](O)CC2)CC1. The number of carbonyl (C=O) groups excluding carboxylic acids is 1. The summed E-state index contributed by atoms with van der Waals surface area (Å²) in [4.78, 5) is 17.3. The molecule has 4 rings (SSSR count). The quantitative estimate of drug-likeness (QED) is 0.235. The molecule has 2 aliphatic rings. The molecule has 0 atom stereocenters. The predicted octanol–water partition coefficient (Wildman–Crippen LogP) is 8.12. The van der Waals surface area contributed by atoms with Gasteiger partial charge in [-0.3, -0.25) is 4.79 Å². The number of aromatic nitrogens is 1. The number of aliphatic hydroxyl groups excluding tert-OH is 1. The van der Waals surface area contributed by atoms with Crippen molar-refractivity contribution in [3.8, 4) is 11.3 Å². The summed E-state index contributed by atoms with van der Waals surface area (Å²) < 4.78 is 10.1. The van der Waals surface area contributed by atoms with Crippen LogP contribution < -0.4 is 4.90 Å². The Morgan fingerprint density at radius 2 is 1.77 bits per heavy atom. The maximum Gasteiger partial charge on any atom is 0.230 e. The van der Waals surface area contributed by atoms with E-state index in [0.717, 1.165) is 85.3 Å². The summed E-state index contributed by atoms with van der Waals surface area (Å²) in [7, 11) is 1.71. The van der Waals surface area contributed by atoms with Crippen molar-refractivity contribution in [2.24, 2.45) is 17.8 Å². The van der Waals surface area contributed by atoms with Gasteiger partial charge in [0.15, 0.2) is 0 Å². The van der Waals surface area contributed by atoms with Crippen LogP contribution >= 0.6 is 11.5 Å². The molecule has 2 saturated carbocycles. The average molecular weight is 563 g/mol. The number of hydrogen-bond donors (Lipinski definition) is 1. The van der Waals surface area contributed by atoms with E-state index < -0.39 is 0 Å². The van der Waals surface area contributed by atoms with Gasteiger partial charge in [-0.1, -0.05) is 37.3 Å². The van der Waals surface area contributed by atoms with E-state index in [0.29, 0.717) is 24.7 Å². The minimum Gasteiger partial charge on any atom is -0.497 e. The standard InChI is InChI=1S/C34H46N2O3S/c1-6-31-21-32(35-40-31)28-8-7-9-29(20-28)36(34(38)27-15-17-30(37)18-16-27)22-25-11-13-26(14-12-25)24(4)10-19-33(39-5)23(2)3/h7-10,19-21,25-27,30,37H,4,6,11-18,22H2,1-3,5H3/b19-10-/t25-,26-,27-,30-. The third-order valence-corrected chi connectivity index (χ3v) is 9.58. The Labute approximate surface area is 244 Å². The van der Waals surface area contributed by atoms with Crippen molar-refractivity contribution in [1.29, 1.82) is 0 Å². The van der Waals surface area contributed by atoms with Crippen molar-refractivity contribution in [1.82, 2.24) is 4.37 Å². The van der Waals surface area contributed by atoms with Crippen LogP contribution in [0.4, 0.5) is 5.69 Å². The van der Waals surface area contributed by atoms with Crippen LogP contribution in [0.3, 0.4) is 0 Å². The summed E-state index contributed by atoms with van der Waals surface area (Å²) in [6.45, 7) is 11.3. The lowest BCUT2D eigenvalue weighted by Crippen LogP contribution is -2.42. The van der Waals surface area contributed by atoms with Crippen LogP contribution in [0.5, 0.6) is 0 Å². The molecule has 1 aromatic heterocycles. The van der Waals surface area contributed by atoms with Crippen LogP contribution in [-0.4, -0.2) is 35.1 Å². The number of allylic oxidation sites excluding steroid dienone is 4. The van der Waals surface area contributed by atoms with E-state index in [2.05, 4.69) is 73.0 Å². The van der Waals surface area contributed by atoms with Crippen LogP contribution in [0, 0.1) is 17.8 Å². The summed E-state index contributed by atoms with van der Waals surface area (Å²) in [5.74, 6) is 2.00. The molecule has 0 radical (unpaired) electrons. The van der Waals surface area contributed by atoms with Crippen LogP contribution in [0.1, 0.15) is 77.0 Å². The van der Waals surface area contributed by atoms with Gasteiger partial charge in [0.1, 0.15) is 5.76 Å². The first kappa shape index (κ1) is 30.3. The number of hydrogen-bond acceptors (Lipinski definition) is 5. The fourth-order valence-corrected chi connectivity index (χ4v) is 6.71. The fraction of sp³-hybridized carbons (Fsp3) is 0.529. The number of benzene rings is 1. The van der Waals surface area contributed by atoms with Crippen LogP contribution in [0.25, 0.3) is 11.3 Å². The van der Waals surface area contributed by atoms with Crippen LogP contribution in [0.15, 0.2) is 66.0 Å². The number of methoxy groups -OCH3 is 1. The highest BCUT2D eigenvalue weighted by Crippen LogP contribution is 2.36. The normalized spacial score (nSPS) is 23.1. The zero-order valence-corrected chi connectivity index (χ0v) is 25.5. The molecule has 2 aliphatic carbocycles. The second-order valence-electron chi connectivity index (χ2n) is 11.7. The summed E-state index contributed by atoms with van der Waals surface area (Å²) in [5, 5.41) is 10.0. The lowest BCUT2D eigenvalue weighted by molar-refractivity contribution is -0.124. The minimum atomic E-state index is -0.271. The van der Waals surface area contributed by atoms with Crippen LogP contribution in [-0.2, 0) is 16.0 Å². The molecule has 216 valence electrons. The first-order valence-electron chi connectivity index (χ1n) is 14.9. The lowest BCUT2D eigenvalue weighted by Gasteiger charge is -2.36. The second-order valence-corrected chi connectivity index (χ2v) is 12.6. The molecule has 1 heterocycles. The van der Waals surface area contributed by atoms with E-state index >= 15 is 0 Å². The molecule has 5 nitrogen and oxygen atoms in total. The van der Waals surface area contributed by atoms with Gasteiger partial charge in [-0.2, -0.15) is 4.37 Å². The van der Waals surface area contributed by atoms with E-state index in [1.54, 1.807) is 18.6 Å². The topological polar surface area (TPSA) is 62.7 Å². The van der Waals surface area contributed by atoms with Gasteiger partial charge in [-0.05, 0) is 125 Å². The van der Waals surface area contributed by atoms with Gasteiger partial charge in [0.25, 0.3) is 0 Å².